The number of likely N-dealkylation sites (tertiary alicyclic amines) is 1. The normalized spacial score (nSPS) is 20.1. The van der Waals surface area contributed by atoms with E-state index in [9.17, 15) is 13.6 Å². The predicted octanol–water partition coefficient (Wildman–Crippen LogP) is 2.10. The Labute approximate surface area is 104 Å². The van der Waals surface area contributed by atoms with Crippen LogP contribution in [0.4, 0.5) is 8.78 Å². The van der Waals surface area contributed by atoms with Crippen LogP contribution in [0.5, 0.6) is 0 Å². The summed E-state index contributed by atoms with van der Waals surface area (Å²) in [7, 11) is 1.36. The van der Waals surface area contributed by atoms with Gasteiger partial charge in [0.2, 0.25) is 0 Å². The Morgan fingerprint density at radius 1 is 1.44 bits per heavy atom. The van der Waals surface area contributed by atoms with Crippen molar-refractivity contribution in [1.29, 1.82) is 0 Å². The van der Waals surface area contributed by atoms with Crippen molar-refractivity contribution in [3.63, 3.8) is 0 Å². The van der Waals surface area contributed by atoms with E-state index in [0.717, 1.165) is 25.5 Å². The van der Waals surface area contributed by atoms with Crippen LogP contribution >= 0.6 is 0 Å². The van der Waals surface area contributed by atoms with Crippen molar-refractivity contribution in [1.82, 2.24) is 4.90 Å². The minimum atomic E-state index is -0.860. The first kappa shape index (κ1) is 13.0. The molecule has 3 nitrogen and oxygen atoms in total. The van der Waals surface area contributed by atoms with Gasteiger partial charge in [-0.25, -0.2) is 8.78 Å². The summed E-state index contributed by atoms with van der Waals surface area (Å²) in [6.07, 6.45) is 1.65. The highest BCUT2D eigenvalue weighted by Gasteiger charge is 2.31. The standard InChI is InChI=1S/C13H15F2NO2/c1-18-13(17)12-3-2-6-16(12)8-9-4-5-10(14)11(15)7-9/h4-5,7,12H,2-3,6,8H2,1H3/t12-/m1/s1. The van der Waals surface area contributed by atoms with Crippen molar-refractivity contribution in [3.8, 4) is 0 Å². The summed E-state index contributed by atoms with van der Waals surface area (Å²) in [6, 6.07) is 3.53. The second-order valence-electron chi connectivity index (χ2n) is 4.40. The van der Waals surface area contributed by atoms with E-state index < -0.39 is 11.6 Å². The van der Waals surface area contributed by atoms with Gasteiger partial charge in [-0.3, -0.25) is 9.69 Å². The Bertz CT molecular complexity index is 451. The third-order valence-electron chi connectivity index (χ3n) is 3.21. The molecule has 1 aromatic rings. The molecule has 2 rings (SSSR count). The van der Waals surface area contributed by atoms with Crippen molar-refractivity contribution >= 4 is 5.97 Å². The molecule has 1 aliphatic heterocycles. The fourth-order valence-corrected chi connectivity index (χ4v) is 2.29. The third kappa shape index (κ3) is 2.67. The number of benzene rings is 1. The highest BCUT2D eigenvalue weighted by Crippen LogP contribution is 2.21. The van der Waals surface area contributed by atoms with E-state index in [1.165, 1.54) is 19.2 Å². The van der Waals surface area contributed by atoms with Gasteiger partial charge in [-0.2, -0.15) is 0 Å². The van der Waals surface area contributed by atoms with E-state index in [4.69, 9.17) is 4.74 Å². The van der Waals surface area contributed by atoms with Crippen molar-refractivity contribution in [2.24, 2.45) is 0 Å². The topological polar surface area (TPSA) is 29.5 Å². The van der Waals surface area contributed by atoms with Crippen LogP contribution in [0.2, 0.25) is 0 Å². The lowest BCUT2D eigenvalue weighted by molar-refractivity contribution is -0.146. The number of carbonyl (C=O) groups excluding carboxylic acids is 1. The summed E-state index contributed by atoms with van der Waals surface area (Å²) in [5, 5.41) is 0. The molecule has 0 saturated carbocycles. The number of hydrogen-bond donors (Lipinski definition) is 0. The summed E-state index contributed by atoms with van der Waals surface area (Å²) in [4.78, 5) is 13.5. The van der Waals surface area contributed by atoms with Crippen molar-refractivity contribution in [3.05, 3.63) is 35.4 Å². The van der Waals surface area contributed by atoms with Crippen molar-refractivity contribution in [2.45, 2.75) is 25.4 Å². The molecule has 1 atom stereocenters. The quantitative estimate of drug-likeness (QED) is 0.775. The van der Waals surface area contributed by atoms with Crippen LogP contribution in [-0.2, 0) is 16.1 Å². The van der Waals surface area contributed by atoms with E-state index in [0.29, 0.717) is 12.1 Å². The van der Waals surface area contributed by atoms with Crippen LogP contribution in [0.3, 0.4) is 0 Å². The molecular weight excluding hydrogens is 240 g/mol. The molecule has 18 heavy (non-hydrogen) atoms. The second kappa shape index (κ2) is 5.44. The number of methoxy groups -OCH3 is 1. The molecule has 1 heterocycles. The number of carbonyl (C=O) groups is 1. The molecule has 1 saturated heterocycles. The molecule has 0 aliphatic carbocycles. The minimum Gasteiger partial charge on any atom is -0.468 e. The number of nitrogens with zero attached hydrogens (tertiary/aromatic N) is 1. The van der Waals surface area contributed by atoms with E-state index in [1.807, 2.05) is 4.90 Å². The van der Waals surface area contributed by atoms with Gasteiger partial charge in [-0.1, -0.05) is 6.07 Å². The lowest BCUT2D eigenvalue weighted by atomic mass is 10.1. The van der Waals surface area contributed by atoms with E-state index >= 15 is 0 Å². The first-order valence-electron chi connectivity index (χ1n) is 5.87. The SMILES string of the molecule is COC(=O)[C@H]1CCCN1Cc1ccc(F)c(F)c1. The van der Waals surface area contributed by atoms with Gasteiger partial charge in [0.05, 0.1) is 7.11 Å². The summed E-state index contributed by atoms with van der Waals surface area (Å²) >= 11 is 0. The Balaban J connectivity index is 2.08. The molecule has 1 fully saturated rings. The zero-order chi connectivity index (χ0) is 13.1. The number of esters is 1. The van der Waals surface area contributed by atoms with Gasteiger partial charge in [0.15, 0.2) is 11.6 Å². The number of rotatable bonds is 3. The maximum Gasteiger partial charge on any atom is 0.323 e. The zero-order valence-corrected chi connectivity index (χ0v) is 10.2. The van der Waals surface area contributed by atoms with Crippen LogP contribution in [0, 0.1) is 11.6 Å². The minimum absolute atomic E-state index is 0.268. The van der Waals surface area contributed by atoms with Gasteiger partial charge in [0.25, 0.3) is 0 Å². The highest BCUT2D eigenvalue weighted by atomic mass is 19.2. The summed E-state index contributed by atoms with van der Waals surface area (Å²) in [5.41, 5.74) is 0.657. The lowest BCUT2D eigenvalue weighted by Gasteiger charge is -2.22. The Morgan fingerprint density at radius 3 is 2.89 bits per heavy atom. The largest absolute Gasteiger partial charge is 0.468 e. The smallest absolute Gasteiger partial charge is 0.323 e. The maximum absolute atomic E-state index is 13.1. The molecule has 0 amide bonds. The van der Waals surface area contributed by atoms with Crippen molar-refractivity contribution in [2.75, 3.05) is 13.7 Å². The first-order valence-corrected chi connectivity index (χ1v) is 5.87. The average molecular weight is 255 g/mol. The van der Waals surface area contributed by atoms with Gasteiger partial charge < -0.3 is 4.74 Å². The van der Waals surface area contributed by atoms with Gasteiger partial charge in [0.1, 0.15) is 6.04 Å². The van der Waals surface area contributed by atoms with Gasteiger partial charge in [-0.15, -0.1) is 0 Å². The molecule has 0 aromatic heterocycles. The zero-order valence-electron chi connectivity index (χ0n) is 10.2. The average Bonchev–Trinajstić information content (AvgIpc) is 2.81. The Morgan fingerprint density at radius 2 is 2.22 bits per heavy atom. The van der Waals surface area contributed by atoms with Crippen LogP contribution in [0.15, 0.2) is 18.2 Å². The van der Waals surface area contributed by atoms with Crippen LogP contribution in [0.1, 0.15) is 18.4 Å². The van der Waals surface area contributed by atoms with E-state index in [1.54, 1.807) is 0 Å². The molecule has 98 valence electrons. The third-order valence-corrected chi connectivity index (χ3v) is 3.21. The van der Waals surface area contributed by atoms with Gasteiger partial charge >= 0.3 is 5.97 Å². The summed E-state index contributed by atoms with van der Waals surface area (Å²) in [5.74, 6) is -1.99. The second-order valence-corrected chi connectivity index (χ2v) is 4.40. The van der Waals surface area contributed by atoms with E-state index in [2.05, 4.69) is 0 Å². The van der Waals surface area contributed by atoms with Gasteiger partial charge in [-0.05, 0) is 37.1 Å². The fraction of sp³-hybridized carbons (Fsp3) is 0.462. The molecule has 1 aromatic carbocycles. The number of hydrogen-bond acceptors (Lipinski definition) is 3. The number of ether oxygens (including phenoxy) is 1. The monoisotopic (exact) mass is 255 g/mol. The summed E-state index contributed by atoms with van der Waals surface area (Å²) < 4.78 is 30.6. The predicted molar refractivity (Wildman–Crippen MR) is 61.8 cm³/mol. The molecule has 5 heteroatoms. The molecule has 0 bridgehead atoms. The molecular formula is C13H15F2NO2. The maximum atomic E-state index is 13.1. The van der Waals surface area contributed by atoms with Crippen molar-refractivity contribution < 1.29 is 18.3 Å². The molecule has 0 N–H and O–H groups in total. The number of halogens is 2. The van der Waals surface area contributed by atoms with E-state index in [-0.39, 0.29) is 12.0 Å². The Kier molecular flexibility index (Phi) is 3.91. The molecule has 0 unspecified atom stereocenters. The molecule has 0 spiro atoms. The molecule has 0 radical (unpaired) electrons. The molecule has 1 aliphatic rings. The summed E-state index contributed by atoms with van der Waals surface area (Å²) in [6.45, 7) is 1.19. The Hall–Kier alpha value is -1.49. The van der Waals surface area contributed by atoms with Gasteiger partial charge in [0, 0.05) is 6.54 Å². The van der Waals surface area contributed by atoms with Crippen LogP contribution in [-0.4, -0.2) is 30.6 Å². The fourth-order valence-electron chi connectivity index (χ4n) is 2.29. The van der Waals surface area contributed by atoms with Crippen LogP contribution in [0.25, 0.3) is 0 Å². The first-order chi connectivity index (χ1) is 8.61. The lowest BCUT2D eigenvalue weighted by Crippen LogP contribution is -2.36. The van der Waals surface area contributed by atoms with Crippen LogP contribution < -0.4 is 0 Å². The highest BCUT2D eigenvalue weighted by molar-refractivity contribution is 5.75.